The summed E-state index contributed by atoms with van der Waals surface area (Å²) in [5.41, 5.74) is 10.1. The average Bonchev–Trinajstić information content (AvgIpc) is 3.82. The molecule has 0 saturated carbocycles. The summed E-state index contributed by atoms with van der Waals surface area (Å²) in [7, 11) is -2.78. The fourth-order valence-electron chi connectivity index (χ4n) is 9.82. The Morgan fingerprint density at radius 1 is 0.426 bits per heavy atom. The quantitative estimate of drug-likeness (QED) is 0.134. The van der Waals surface area contributed by atoms with Crippen LogP contribution in [0.3, 0.4) is 0 Å². The van der Waals surface area contributed by atoms with Crippen molar-refractivity contribution in [1.82, 2.24) is 0 Å². The van der Waals surface area contributed by atoms with Crippen molar-refractivity contribution < 1.29 is 17.1 Å². The van der Waals surface area contributed by atoms with E-state index in [0.29, 0.717) is 7.35 Å². The molecule has 0 spiro atoms. The van der Waals surface area contributed by atoms with Gasteiger partial charge in [-0.25, -0.2) is 0 Å². The Bertz CT molecular complexity index is 2320. The normalized spacial score (nSPS) is 16.7. The molecular weight excluding hydrogens is 863 g/mol. The van der Waals surface area contributed by atoms with Crippen LogP contribution in [0.15, 0.2) is 158 Å². The molecule has 0 bridgehead atoms. The molecule has 6 aromatic rings. The van der Waals surface area contributed by atoms with Crippen molar-refractivity contribution in [2.45, 2.75) is 56.0 Å². The van der Waals surface area contributed by atoms with Gasteiger partial charge in [0, 0.05) is 0 Å². The summed E-state index contributed by atoms with van der Waals surface area (Å²) in [6.45, 7) is 14.6. The summed E-state index contributed by atoms with van der Waals surface area (Å²) in [5, 5.41) is 6.13. The predicted molar refractivity (Wildman–Crippen MR) is 243 cm³/mol. The molecule has 2 aliphatic carbocycles. The minimum atomic E-state index is -4.43. The molecule has 0 aliphatic heterocycles. The number of hydrogen-bond donors (Lipinski definition) is 0. The van der Waals surface area contributed by atoms with E-state index < -0.39 is 38.8 Å². The van der Waals surface area contributed by atoms with E-state index in [-0.39, 0.29) is 0 Å². The summed E-state index contributed by atoms with van der Waals surface area (Å²) < 4.78 is 6.52. The van der Waals surface area contributed by atoms with Crippen molar-refractivity contribution in [3.05, 3.63) is 180 Å². The number of fused-ring (bicyclic) bond motifs is 2. The van der Waals surface area contributed by atoms with Crippen molar-refractivity contribution in [1.29, 1.82) is 0 Å². The molecule has 0 saturated heterocycles. The van der Waals surface area contributed by atoms with E-state index in [2.05, 4.69) is 219 Å². The standard InChI is InChI=1S/2C18H19Si.C12H10Si.2CH3.Hf/c2*1-19(2,3)16-12-10-15(11-13-16)18-9-5-7-14-6-4-8-17(14)18;1-3-7-11(8-4-1)13-12-9-5-2-6-10-12;;;/h2*4-13H,1-3H3;1-10H;2*1H3;. The Morgan fingerprint density at radius 3 is 1.15 bits per heavy atom. The van der Waals surface area contributed by atoms with E-state index in [1.807, 2.05) is 0 Å². The topological polar surface area (TPSA) is 0 Å². The van der Waals surface area contributed by atoms with E-state index in [1.54, 1.807) is 10.4 Å². The molecule has 2 aliphatic rings. The zero-order valence-electron chi connectivity index (χ0n) is 33.3. The van der Waals surface area contributed by atoms with Gasteiger partial charge in [0.1, 0.15) is 0 Å². The van der Waals surface area contributed by atoms with Crippen LogP contribution in [0.1, 0.15) is 29.6 Å². The molecule has 8 rings (SSSR count). The maximum atomic E-state index is 2.87. The first-order valence-electron chi connectivity index (χ1n) is 19.8. The fourth-order valence-corrected chi connectivity index (χ4v) is 65.0. The van der Waals surface area contributed by atoms with E-state index in [0.717, 1.165) is 0 Å². The van der Waals surface area contributed by atoms with Gasteiger partial charge in [-0.1, -0.05) is 0 Å². The number of hydrogen-bond acceptors (Lipinski definition) is 0. The van der Waals surface area contributed by atoms with Crippen molar-refractivity contribution in [2.24, 2.45) is 0 Å². The zero-order chi connectivity index (χ0) is 37.9. The van der Waals surface area contributed by atoms with Crippen LogP contribution < -0.4 is 20.7 Å². The van der Waals surface area contributed by atoms with Gasteiger partial charge in [0.2, 0.25) is 0 Å². The molecule has 0 amide bonds. The van der Waals surface area contributed by atoms with Crippen LogP contribution >= 0.6 is 0 Å². The van der Waals surface area contributed by atoms with Gasteiger partial charge in [-0.3, -0.25) is 0 Å². The Morgan fingerprint density at radius 2 is 0.796 bits per heavy atom. The van der Waals surface area contributed by atoms with E-state index in [9.17, 15) is 0 Å². The van der Waals surface area contributed by atoms with Crippen LogP contribution in [0.5, 0.6) is 0 Å². The van der Waals surface area contributed by atoms with Gasteiger partial charge in [0.15, 0.2) is 0 Å². The van der Waals surface area contributed by atoms with Crippen LogP contribution in [0.25, 0.3) is 34.4 Å². The van der Waals surface area contributed by atoms with Crippen LogP contribution in [-0.4, -0.2) is 21.6 Å². The third-order valence-corrected chi connectivity index (χ3v) is 66.0. The zero-order valence-corrected chi connectivity index (χ0v) is 39.9. The molecule has 2 unspecified atom stereocenters. The first kappa shape index (κ1) is 37.3. The molecule has 54 heavy (non-hydrogen) atoms. The summed E-state index contributed by atoms with van der Waals surface area (Å²) >= 11 is -4.43. The Hall–Kier alpha value is -3.68. The summed E-state index contributed by atoms with van der Waals surface area (Å²) in [4.78, 5) is 0. The Labute approximate surface area is 327 Å². The van der Waals surface area contributed by atoms with Crippen molar-refractivity contribution in [3.8, 4) is 22.3 Å². The van der Waals surface area contributed by atoms with Crippen LogP contribution in [0.4, 0.5) is 0 Å². The van der Waals surface area contributed by atoms with Gasteiger partial charge in [0.05, 0.1) is 0 Å². The minimum absolute atomic E-state index is 0.396. The van der Waals surface area contributed by atoms with E-state index >= 15 is 0 Å². The Kier molecular flexibility index (Phi) is 9.53. The molecular formula is C50H54HfSi3. The Balaban J connectivity index is 1.38. The van der Waals surface area contributed by atoms with E-state index in [1.165, 1.54) is 54.9 Å². The van der Waals surface area contributed by atoms with Gasteiger partial charge in [-0.05, 0) is 0 Å². The predicted octanol–water partition coefficient (Wildman–Crippen LogP) is 11.5. The molecule has 0 fully saturated rings. The molecule has 0 aromatic heterocycles. The van der Waals surface area contributed by atoms with Crippen molar-refractivity contribution in [3.63, 3.8) is 0 Å². The van der Waals surface area contributed by atoms with Gasteiger partial charge in [0.25, 0.3) is 0 Å². The average molecular weight is 918 g/mol. The second-order valence-corrected chi connectivity index (χ2v) is 72.2. The first-order valence-corrected chi connectivity index (χ1v) is 45.0. The van der Waals surface area contributed by atoms with Gasteiger partial charge in [-0.2, -0.15) is 0 Å². The van der Waals surface area contributed by atoms with Crippen LogP contribution in [0.2, 0.25) is 48.6 Å². The van der Waals surface area contributed by atoms with Crippen molar-refractivity contribution in [2.75, 3.05) is 0 Å². The molecule has 270 valence electrons. The molecule has 0 nitrogen and oxygen atoms in total. The monoisotopic (exact) mass is 918 g/mol. The van der Waals surface area contributed by atoms with Gasteiger partial charge < -0.3 is 0 Å². The maximum absolute atomic E-state index is 4.43. The SMILES string of the molecule is C[Si](C)(C)c1ccc(-c2cccc3c2C=C[CH]3[Hf]([CH3])([CH3])([CH]2C=Cc3c(-c4ccc([Si](C)(C)C)cc4)cccc32)=[Si](c2ccccc2)c2ccccc2)cc1. The molecule has 6 aromatic carbocycles. The summed E-state index contributed by atoms with van der Waals surface area (Å²) in [6, 6.07) is 56.8. The summed E-state index contributed by atoms with van der Waals surface area (Å²) in [5.74, 6) is 0. The molecule has 0 radical (unpaired) electrons. The molecule has 4 heteroatoms. The first-order chi connectivity index (χ1) is 25.7. The molecule has 0 heterocycles. The van der Waals surface area contributed by atoms with Crippen molar-refractivity contribution >= 4 is 54.5 Å². The number of benzene rings is 6. The summed E-state index contributed by atoms with van der Waals surface area (Å²) in [6.07, 6.45) is 10.4. The second-order valence-electron chi connectivity index (χ2n) is 18.7. The molecule has 0 N–H and O–H groups in total. The van der Waals surface area contributed by atoms with Gasteiger partial charge in [-0.15, -0.1) is 0 Å². The number of allylic oxidation sites excluding steroid dienone is 2. The third kappa shape index (κ3) is 6.37. The number of rotatable bonds is 8. The van der Waals surface area contributed by atoms with Crippen LogP contribution in [-0.2, 0) is 17.1 Å². The molecule has 2 atom stereocenters. The third-order valence-electron chi connectivity index (χ3n) is 12.8. The fraction of sp³-hybridized carbons (Fsp3) is 0.200. The van der Waals surface area contributed by atoms with E-state index in [4.69, 9.17) is 0 Å². The second kappa shape index (κ2) is 13.8. The van der Waals surface area contributed by atoms with Gasteiger partial charge >= 0.3 is 330 Å². The van der Waals surface area contributed by atoms with Crippen LogP contribution in [0, 0.1) is 0 Å².